The fourth-order valence-electron chi connectivity index (χ4n) is 4.98. The van der Waals surface area contributed by atoms with E-state index in [-0.39, 0.29) is 5.78 Å². The van der Waals surface area contributed by atoms with Crippen LogP contribution in [0.5, 0.6) is 0 Å². The second kappa shape index (κ2) is 9.63. The average molecular weight is 448 g/mol. The van der Waals surface area contributed by atoms with Crippen LogP contribution in [-0.4, -0.2) is 84.4 Å². The molecule has 2 aliphatic rings. The molecule has 0 amide bonds. The Morgan fingerprint density at radius 3 is 2.55 bits per heavy atom. The van der Waals surface area contributed by atoms with E-state index in [9.17, 15) is 4.79 Å². The number of hydrogen-bond acceptors (Lipinski definition) is 6. The van der Waals surface area contributed by atoms with Gasteiger partial charge in [0.15, 0.2) is 5.78 Å². The Morgan fingerprint density at radius 2 is 1.79 bits per heavy atom. The number of rotatable bonds is 9. The maximum Gasteiger partial charge on any atom is 0.196 e. The van der Waals surface area contributed by atoms with Crippen LogP contribution < -0.4 is 5.32 Å². The van der Waals surface area contributed by atoms with Gasteiger partial charge in [-0.1, -0.05) is 38.1 Å². The van der Waals surface area contributed by atoms with Gasteiger partial charge in [0.05, 0.1) is 30.8 Å². The van der Waals surface area contributed by atoms with Crippen LogP contribution in [0.25, 0.3) is 22.2 Å². The highest BCUT2D eigenvalue weighted by molar-refractivity contribution is 6.27. The standard InChI is InChI=1S/C26H33N5O2/c1-3-29(4-2)13-14-31-22-10-9-21(27-11-12-30-15-17-33-18-16-30)23-24(22)25(28-31)19-7-5-6-8-20(19)26(23)32/h5-10,27H,3-4,11-18H2,1-2H3. The first kappa shape index (κ1) is 22.1. The van der Waals surface area contributed by atoms with Gasteiger partial charge in [-0.05, 0) is 25.2 Å². The van der Waals surface area contributed by atoms with E-state index in [2.05, 4.69) is 45.8 Å². The van der Waals surface area contributed by atoms with Crippen LogP contribution in [0.2, 0.25) is 0 Å². The molecule has 1 aliphatic heterocycles. The van der Waals surface area contributed by atoms with Crippen LogP contribution in [0.3, 0.4) is 0 Å². The first-order valence-corrected chi connectivity index (χ1v) is 12.1. The number of carbonyl (C=O) groups is 1. The minimum absolute atomic E-state index is 0.0841. The van der Waals surface area contributed by atoms with Gasteiger partial charge in [-0.15, -0.1) is 0 Å². The number of likely N-dealkylation sites (N-methyl/N-ethyl adjacent to an activating group) is 1. The molecule has 0 radical (unpaired) electrons. The van der Waals surface area contributed by atoms with E-state index >= 15 is 0 Å². The van der Waals surface area contributed by atoms with Crippen LogP contribution in [0.15, 0.2) is 36.4 Å². The number of carbonyl (C=O) groups excluding carboxylic acids is 1. The number of benzene rings is 2. The number of nitrogens with zero attached hydrogens (tertiary/aromatic N) is 4. The van der Waals surface area contributed by atoms with E-state index in [0.717, 1.165) is 105 Å². The van der Waals surface area contributed by atoms with Gasteiger partial charge in [-0.25, -0.2) is 0 Å². The van der Waals surface area contributed by atoms with Crippen molar-refractivity contribution in [3.63, 3.8) is 0 Å². The molecule has 1 N–H and O–H groups in total. The molecule has 174 valence electrons. The van der Waals surface area contributed by atoms with Crippen molar-refractivity contribution >= 4 is 22.4 Å². The Morgan fingerprint density at radius 1 is 1.03 bits per heavy atom. The maximum atomic E-state index is 13.6. The fraction of sp³-hybridized carbons (Fsp3) is 0.462. The Labute approximate surface area is 195 Å². The molecule has 1 aliphatic carbocycles. The summed E-state index contributed by atoms with van der Waals surface area (Å²) in [6.45, 7) is 13.4. The Hall–Kier alpha value is -2.74. The van der Waals surface area contributed by atoms with Crippen LogP contribution in [0.4, 0.5) is 5.69 Å². The predicted octanol–water partition coefficient (Wildman–Crippen LogP) is 3.33. The zero-order valence-electron chi connectivity index (χ0n) is 19.6. The van der Waals surface area contributed by atoms with Gasteiger partial charge < -0.3 is 15.0 Å². The number of nitrogens with one attached hydrogen (secondary N) is 1. The van der Waals surface area contributed by atoms with Crippen molar-refractivity contribution in [3.8, 4) is 11.3 Å². The molecule has 0 spiro atoms. The summed E-state index contributed by atoms with van der Waals surface area (Å²) >= 11 is 0. The largest absolute Gasteiger partial charge is 0.383 e. The van der Waals surface area contributed by atoms with Gasteiger partial charge in [-0.3, -0.25) is 14.4 Å². The molecule has 2 heterocycles. The highest BCUT2D eigenvalue weighted by Crippen LogP contribution is 2.41. The van der Waals surface area contributed by atoms with Crippen molar-refractivity contribution < 1.29 is 9.53 Å². The summed E-state index contributed by atoms with van der Waals surface area (Å²) in [5.41, 5.74) is 5.30. The van der Waals surface area contributed by atoms with Gasteiger partial charge in [0.1, 0.15) is 5.69 Å². The summed E-state index contributed by atoms with van der Waals surface area (Å²) in [6.07, 6.45) is 0. The molecule has 1 fully saturated rings. The number of fused-ring (bicyclic) bond motifs is 2. The topological polar surface area (TPSA) is 62.6 Å². The van der Waals surface area contributed by atoms with Gasteiger partial charge in [0.2, 0.25) is 0 Å². The van der Waals surface area contributed by atoms with Gasteiger partial charge in [0.25, 0.3) is 0 Å². The van der Waals surface area contributed by atoms with Crippen LogP contribution in [0.1, 0.15) is 29.8 Å². The quantitative estimate of drug-likeness (QED) is 0.425. The molecule has 0 unspecified atom stereocenters. The normalized spacial score (nSPS) is 15.9. The van der Waals surface area contributed by atoms with E-state index in [1.807, 2.05) is 24.3 Å². The van der Waals surface area contributed by atoms with E-state index in [1.54, 1.807) is 0 Å². The lowest BCUT2D eigenvalue weighted by Crippen LogP contribution is -2.39. The van der Waals surface area contributed by atoms with Crippen molar-refractivity contribution in [2.75, 3.05) is 64.3 Å². The van der Waals surface area contributed by atoms with Gasteiger partial charge in [-0.2, -0.15) is 5.10 Å². The molecule has 1 aromatic heterocycles. The number of hydrogen-bond donors (Lipinski definition) is 1. The van der Waals surface area contributed by atoms with E-state index in [0.29, 0.717) is 0 Å². The summed E-state index contributed by atoms with van der Waals surface area (Å²) in [6, 6.07) is 12.0. The summed E-state index contributed by atoms with van der Waals surface area (Å²) in [7, 11) is 0. The highest BCUT2D eigenvalue weighted by Gasteiger charge is 2.31. The maximum absolute atomic E-state index is 13.6. The summed E-state index contributed by atoms with van der Waals surface area (Å²) in [4.78, 5) is 18.4. The van der Waals surface area contributed by atoms with Crippen LogP contribution in [0, 0.1) is 0 Å². The Balaban J connectivity index is 1.50. The molecule has 0 bridgehead atoms. The fourth-order valence-corrected chi connectivity index (χ4v) is 4.98. The monoisotopic (exact) mass is 447 g/mol. The highest BCUT2D eigenvalue weighted by atomic mass is 16.5. The first-order chi connectivity index (χ1) is 16.2. The van der Waals surface area contributed by atoms with Crippen molar-refractivity contribution in [3.05, 3.63) is 47.5 Å². The van der Waals surface area contributed by atoms with Crippen molar-refractivity contribution in [2.45, 2.75) is 20.4 Å². The molecule has 3 aromatic rings. The molecule has 2 aromatic carbocycles. The third-order valence-corrected chi connectivity index (χ3v) is 6.94. The van der Waals surface area contributed by atoms with Crippen molar-refractivity contribution in [1.82, 2.24) is 19.6 Å². The van der Waals surface area contributed by atoms with Crippen LogP contribution in [-0.2, 0) is 11.3 Å². The van der Waals surface area contributed by atoms with E-state index in [1.165, 1.54) is 0 Å². The third kappa shape index (κ3) is 4.16. The Bertz CT molecular complexity index is 1150. The van der Waals surface area contributed by atoms with E-state index in [4.69, 9.17) is 9.84 Å². The van der Waals surface area contributed by atoms with Crippen LogP contribution >= 0.6 is 0 Å². The van der Waals surface area contributed by atoms with Crippen molar-refractivity contribution in [2.24, 2.45) is 0 Å². The molecule has 0 saturated carbocycles. The first-order valence-electron chi connectivity index (χ1n) is 12.1. The molecule has 7 heteroatoms. The smallest absolute Gasteiger partial charge is 0.196 e. The molecule has 0 atom stereocenters. The van der Waals surface area contributed by atoms with E-state index < -0.39 is 0 Å². The van der Waals surface area contributed by atoms with Gasteiger partial charge >= 0.3 is 0 Å². The second-order valence-corrected chi connectivity index (χ2v) is 8.74. The Kier molecular flexibility index (Phi) is 6.44. The molecular weight excluding hydrogens is 414 g/mol. The molecule has 5 rings (SSSR count). The number of morpholine rings is 1. The van der Waals surface area contributed by atoms with Crippen molar-refractivity contribution in [1.29, 1.82) is 0 Å². The number of aromatic nitrogens is 2. The molecule has 33 heavy (non-hydrogen) atoms. The SMILES string of the molecule is CCN(CC)CCn1nc2c3c(c(NCCN4CCOCC4)ccc31)C(=O)c1ccccc1-2. The lowest BCUT2D eigenvalue weighted by Gasteiger charge is -2.27. The lowest BCUT2D eigenvalue weighted by atomic mass is 9.86. The predicted molar refractivity (Wildman–Crippen MR) is 132 cm³/mol. The molecule has 1 saturated heterocycles. The second-order valence-electron chi connectivity index (χ2n) is 8.74. The zero-order valence-corrected chi connectivity index (χ0v) is 19.6. The summed E-state index contributed by atoms with van der Waals surface area (Å²) in [5.74, 6) is 0.0841. The third-order valence-electron chi connectivity index (χ3n) is 6.94. The van der Waals surface area contributed by atoms with Gasteiger partial charge in [0, 0.05) is 54.9 Å². The molecular formula is C26H33N5O2. The number of ketones is 1. The summed E-state index contributed by atoms with van der Waals surface area (Å²) in [5, 5.41) is 9.56. The lowest BCUT2D eigenvalue weighted by molar-refractivity contribution is 0.0398. The zero-order chi connectivity index (χ0) is 22.8. The minimum atomic E-state index is 0.0841. The molecule has 7 nitrogen and oxygen atoms in total. The number of anilines is 1. The summed E-state index contributed by atoms with van der Waals surface area (Å²) < 4.78 is 7.53. The minimum Gasteiger partial charge on any atom is -0.383 e. The number of ether oxygens (including phenoxy) is 1. The average Bonchev–Trinajstić information content (AvgIpc) is 3.23.